The van der Waals surface area contributed by atoms with E-state index in [1.54, 1.807) is 32.0 Å². The maximum atomic E-state index is 12.3. The molecule has 1 saturated heterocycles. The van der Waals surface area contributed by atoms with Crippen molar-refractivity contribution in [2.24, 2.45) is 0 Å². The number of nitrogens with zero attached hydrogens (tertiary/aromatic N) is 2. The highest BCUT2D eigenvalue weighted by atomic mass is 16.5. The third-order valence-corrected chi connectivity index (χ3v) is 4.25. The lowest BCUT2D eigenvalue weighted by Crippen LogP contribution is -2.59. The SMILES string of the molecule is CC1(C)Oc2ccc(C#N)cc2[C@H](N2CC(=O)NCC2=O)[C@H]1O. The second-order valence-electron chi connectivity index (χ2n) is 6.26. The van der Waals surface area contributed by atoms with Gasteiger partial charge in [0.05, 0.1) is 24.2 Å². The number of aliphatic hydroxyl groups excluding tert-OH is 1. The van der Waals surface area contributed by atoms with Gasteiger partial charge in [-0.25, -0.2) is 0 Å². The Hall–Kier alpha value is -2.59. The molecule has 23 heavy (non-hydrogen) atoms. The number of carbonyl (C=O) groups excluding carboxylic acids is 2. The average Bonchev–Trinajstić information content (AvgIpc) is 2.51. The number of hydrogen-bond acceptors (Lipinski definition) is 5. The Morgan fingerprint density at radius 3 is 2.87 bits per heavy atom. The molecule has 2 heterocycles. The van der Waals surface area contributed by atoms with Gasteiger partial charge in [-0.1, -0.05) is 0 Å². The predicted molar refractivity (Wildman–Crippen MR) is 79.3 cm³/mol. The van der Waals surface area contributed by atoms with Crippen molar-refractivity contribution in [1.82, 2.24) is 10.2 Å². The lowest BCUT2D eigenvalue weighted by molar-refractivity contribution is -0.152. The van der Waals surface area contributed by atoms with Gasteiger partial charge in [0, 0.05) is 5.56 Å². The standard InChI is InChI=1S/C16H17N3O4/c1-16(2)15(22)14(19-8-12(20)18-7-13(19)21)10-5-9(6-17)3-4-11(10)23-16/h3-5,14-15,22H,7-8H2,1-2H3,(H,18,20)/t14-,15+/m0/s1. The van der Waals surface area contributed by atoms with Crippen LogP contribution in [0.4, 0.5) is 0 Å². The van der Waals surface area contributed by atoms with Crippen molar-refractivity contribution in [3.8, 4) is 11.8 Å². The quantitative estimate of drug-likeness (QED) is 0.764. The van der Waals surface area contributed by atoms with Crippen LogP contribution in [-0.2, 0) is 9.59 Å². The Morgan fingerprint density at radius 1 is 1.43 bits per heavy atom. The molecule has 0 radical (unpaired) electrons. The number of carbonyl (C=O) groups is 2. The van der Waals surface area contributed by atoms with E-state index in [4.69, 9.17) is 10.00 Å². The lowest BCUT2D eigenvalue weighted by Gasteiger charge is -2.46. The number of fused-ring (bicyclic) bond motifs is 1. The van der Waals surface area contributed by atoms with E-state index in [0.29, 0.717) is 16.9 Å². The first kappa shape index (κ1) is 15.3. The minimum atomic E-state index is -1.03. The maximum absolute atomic E-state index is 12.3. The zero-order valence-corrected chi connectivity index (χ0v) is 12.9. The van der Waals surface area contributed by atoms with E-state index in [9.17, 15) is 14.7 Å². The van der Waals surface area contributed by atoms with Gasteiger partial charge in [-0.15, -0.1) is 0 Å². The summed E-state index contributed by atoms with van der Waals surface area (Å²) in [5, 5.41) is 22.3. The van der Waals surface area contributed by atoms with E-state index in [1.807, 2.05) is 6.07 Å². The van der Waals surface area contributed by atoms with Crippen LogP contribution in [0.1, 0.15) is 31.0 Å². The molecule has 0 aromatic heterocycles. The van der Waals surface area contributed by atoms with Crippen LogP contribution in [0, 0.1) is 11.3 Å². The van der Waals surface area contributed by atoms with Crippen LogP contribution in [0.15, 0.2) is 18.2 Å². The summed E-state index contributed by atoms with van der Waals surface area (Å²) in [6.45, 7) is 3.21. The molecule has 0 unspecified atom stereocenters. The Morgan fingerprint density at radius 2 is 2.17 bits per heavy atom. The fourth-order valence-corrected chi connectivity index (χ4v) is 3.00. The van der Waals surface area contributed by atoms with Crippen LogP contribution in [0.25, 0.3) is 0 Å². The van der Waals surface area contributed by atoms with E-state index in [-0.39, 0.29) is 24.9 Å². The van der Waals surface area contributed by atoms with Gasteiger partial charge in [-0.2, -0.15) is 5.26 Å². The van der Waals surface area contributed by atoms with Crippen molar-refractivity contribution in [1.29, 1.82) is 5.26 Å². The van der Waals surface area contributed by atoms with E-state index in [2.05, 4.69) is 5.32 Å². The van der Waals surface area contributed by atoms with E-state index >= 15 is 0 Å². The molecule has 2 aliphatic rings. The molecule has 0 aliphatic carbocycles. The number of nitrogens with one attached hydrogen (secondary N) is 1. The predicted octanol–water partition coefficient (Wildman–Crippen LogP) is 0.0897. The van der Waals surface area contributed by atoms with Crippen LogP contribution >= 0.6 is 0 Å². The van der Waals surface area contributed by atoms with Gasteiger partial charge in [0.15, 0.2) is 0 Å². The van der Waals surface area contributed by atoms with Gasteiger partial charge < -0.3 is 20.1 Å². The largest absolute Gasteiger partial charge is 0.485 e. The van der Waals surface area contributed by atoms with Crippen LogP contribution in [0.5, 0.6) is 5.75 Å². The number of rotatable bonds is 1. The molecule has 120 valence electrons. The minimum absolute atomic E-state index is 0.101. The van der Waals surface area contributed by atoms with Crippen molar-refractivity contribution < 1.29 is 19.4 Å². The first-order valence-electron chi connectivity index (χ1n) is 7.31. The molecular weight excluding hydrogens is 298 g/mol. The maximum Gasteiger partial charge on any atom is 0.243 e. The highest BCUT2D eigenvalue weighted by Crippen LogP contribution is 2.43. The number of amides is 2. The molecule has 0 saturated carbocycles. The number of piperazine rings is 1. The van der Waals surface area contributed by atoms with Crippen molar-refractivity contribution in [2.45, 2.75) is 31.6 Å². The normalized spacial score (nSPS) is 25.9. The van der Waals surface area contributed by atoms with Crippen LogP contribution in [0.3, 0.4) is 0 Å². The van der Waals surface area contributed by atoms with Crippen molar-refractivity contribution in [2.75, 3.05) is 13.1 Å². The Bertz CT molecular complexity index is 723. The van der Waals surface area contributed by atoms with Gasteiger partial charge in [0.25, 0.3) is 0 Å². The fourth-order valence-electron chi connectivity index (χ4n) is 3.00. The molecule has 2 N–H and O–H groups in total. The lowest BCUT2D eigenvalue weighted by atomic mass is 9.84. The van der Waals surface area contributed by atoms with Crippen LogP contribution < -0.4 is 10.1 Å². The summed E-state index contributed by atoms with van der Waals surface area (Å²) in [5.74, 6) is -0.0539. The minimum Gasteiger partial charge on any atom is -0.485 e. The first-order chi connectivity index (χ1) is 10.8. The topological polar surface area (TPSA) is 103 Å². The molecule has 7 heteroatoms. The second kappa shape index (κ2) is 5.25. The summed E-state index contributed by atoms with van der Waals surface area (Å²) >= 11 is 0. The summed E-state index contributed by atoms with van der Waals surface area (Å²) in [6.07, 6.45) is -1.03. The van der Waals surface area contributed by atoms with E-state index in [0.717, 1.165) is 0 Å². The zero-order valence-electron chi connectivity index (χ0n) is 12.9. The summed E-state index contributed by atoms with van der Waals surface area (Å²) in [4.78, 5) is 25.3. The zero-order chi connectivity index (χ0) is 16.8. The monoisotopic (exact) mass is 315 g/mol. The molecule has 2 amide bonds. The van der Waals surface area contributed by atoms with Gasteiger partial charge in [0.1, 0.15) is 24.0 Å². The Kier molecular flexibility index (Phi) is 3.49. The van der Waals surface area contributed by atoms with Crippen LogP contribution in [0.2, 0.25) is 0 Å². The van der Waals surface area contributed by atoms with Crippen molar-refractivity contribution >= 4 is 11.8 Å². The molecular formula is C16H17N3O4. The number of ether oxygens (including phenoxy) is 1. The van der Waals surface area contributed by atoms with Crippen molar-refractivity contribution in [3.05, 3.63) is 29.3 Å². The molecule has 3 rings (SSSR count). The summed E-state index contributed by atoms with van der Waals surface area (Å²) in [5.41, 5.74) is 0.0112. The van der Waals surface area contributed by atoms with Crippen molar-refractivity contribution in [3.63, 3.8) is 0 Å². The van der Waals surface area contributed by atoms with Gasteiger partial charge in [-0.3, -0.25) is 9.59 Å². The van der Waals surface area contributed by atoms with Crippen LogP contribution in [-0.4, -0.2) is 46.6 Å². The summed E-state index contributed by atoms with van der Waals surface area (Å²) in [6, 6.07) is 6.17. The smallest absolute Gasteiger partial charge is 0.243 e. The molecule has 0 spiro atoms. The van der Waals surface area contributed by atoms with Gasteiger partial charge in [0.2, 0.25) is 11.8 Å². The molecule has 2 aliphatic heterocycles. The number of aliphatic hydroxyl groups is 1. The molecule has 7 nitrogen and oxygen atoms in total. The molecule has 1 fully saturated rings. The first-order valence-corrected chi connectivity index (χ1v) is 7.31. The Balaban J connectivity index is 2.12. The number of benzene rings is 1. The highest BCUT2D eigenvalue weighted by Gasteiger charge is 2.47. The summed E-state index contributed by atoms with van der Waals surface area (Å²) in [7, 11) is 0. The highest BCUT2D eigenvalue weighted by molar-refractivity contribution is 5.92. The summed E-state index contributed by atoms with van der Waals surface area (Å²) < 4.78 is 5.82. The Labute approximate surface area is 133 Å². The molecule has 1 aromatic carbocycles. The molecule has 1 aromatic rings. The molecule has 0 bridgehead atoms. The number of hydrogen-bond donors (Lipinski definition) is 2. The van der Waals surface area contributed by atoms with Gasteiger partial charge in [-0.05, 0) is 32.0 Å². The third-order valence-electron chi connectivity index (χ3n) is 4.25. The number of nitriles is 1. The van der Waals surface area contributed by atoms with Gasteiger partial charge >= 0.3 is 0 Å². The van der Waals surface area contributed by atoms with E-state index < -0.39 is 17.7 Å². The second-order valence-corrected chi connectivity index (χ2v) is 6.26. The van der Waals surface area contributed by atoms with E-state index in [1.165, 1.54) is 4.90 Å². The third kappa shape index (κ3) is 2.51. The fraction of sp³-hybridized carbons (Fsp3) is 0.438. The molecule has 2 atom stereocenters. The average molecular weight is 315 g/mol.